The molecule has 2 rings (SSSR count). The summed E-state index contributed by atoms with van der Waals surface area (Å²) in [6.07, 6.45) is 5.87. The van der Waals surface area contributed by atoms with E-state index in [1.165, 1.54) is 32.2 Å². The SMILES string of the molecule is CCC1C2CCC(C2)N1CC. The van der Waals surface area contributed by atoms with Crippen LogP contribution in [0.25, 0.3) is 0 Å². The van der Waals surface area contributed by atoms with Gasteiger partial charge in [0, 0.05) is 12.1 Å². The first-order chi connectivity index (χ1) is 5.36. The van der Waals surface area contributed by atoms with E-state index in [2.05, 4.69) is 18.7 Å². The zero-order valence-corrected chi connectivity index (χ0v) is 7.71. The van der Waals surface area contributed by atoms with Crippen LogP contribution in [0.5, 0.6) is 0 Å². The van der Waals surface area contributed by atoms with Crippen LogP contribution in [0.1, 0.15) is 39.5 Å². The number of piperidine rings is 1. The first kappa shape index (κ1) is 7.60. The molecule has 2 aliphatic rings. The van der Waals surface area contributed by atoms with Crippen LogP contribution in [0.2, 0.25) is 0 Å². The summed E-state index contributed by atoms with van der Waals surface area (Å²) in [6, 6.07) is 1.91. The van der Waals surface area contributed by atoms with Crippen LogP contribution in [0.15, 0.2) is 0 Å². The molecule has 1 nitrogen and oxygen atoms in total. The number of fused-ring (bicyclic) bond motifs is 2. The van der Waals surface area contributed by atoms with Crippen molar-refractivity contribution in [3.8, 4) is 0 Å². The van der Waals surface area contributed by atoms with Crippen molar-refractivity contribution in [2.45, 2.75) is 51.6 Å². The summed E-state index contributed by atoms with van der Waals surface area (Å²) in [5.41, 5.74) is 0. The van der Waals surface area contributed by atoms with Crippen LogP contribution in [-0.2, 0) is 0 Å². The molecule has 1 saturated heterocycles. The summed E-state index contributed by atoms with van der Waals surface area (Å²) in [6.45, 7) is 5.93. The van der Waals surface area contributed by atoms with Crippen molar-refractivity contribution >= 4 is 0 Å². The zero-order chi connectivity index (χ0) is 7.84. The van der Waals surface area contributed by atoms with Crippen LogP contribution in [-0.4, -0.2) is 23.5 Å². The van der Waals surface area contributed by atoms with Gasteiger partial charge in [-0.2, -0.15) is 0 Å². The van der Waals surface area contributed by atoms with Crippen molar-refractivity contribution in [1.29, 1.82) is 0 Å². The summed E-state index contributed by atoms with van der Waals surface area (Å²) >= 11 is 0. The smallest absolute Gasteiger partial charge is 0.0124 e. The summed E-state index contributed by atoms with van der Waals surface area (Å²) < 4.78 is 0. The van der Waals surface area contributed by atoms with Gasteiger partial charge < -0.3 is 0 Å². The molecule has 2 bridgehead atoms. The third-order valence-corrected chi connectivity index (χ3v) is 3.67. The van der Waals surface area contributed by atoms with Gasteiger partial charge in [0.05, 0.1) is 0 Å². The molecule has 1 aliphatic carbocycles. The van der Waals surface area contributed by atoms with Crippen LogP contribution in [0, 0.1) is 5.92 Å². The molecule has 64 valence electrons. The molecule has 0 spiro atoms. The van der Waals surface area contributed by atoms with Gasteiger partial charge in [-0.25, -0.2) is 0 Å². The largest absolute Gasteiger partial charge is 0.297 e. The zero-order valence-electron chi connectivity index (χ0n) is 7.71. The summed E-state index contributed by atoms with van der Waals surface area (Å²) in [4.78, 5) is 2.73. The first-order valence-electron chi connectivity index (χ1n) is 5.12. The first-order valence-corrected chi connectivity index (χ1v) is 5.12. The molecule has 1 heteroatoms. The van der Waals surface area contributed by atoms with Crippen LogP contribution >= 0.6 is 0 Å². The lowest BCUT2D eigenvalue weighted by molar-refractivity contribution is 0.143. The van der Waals surface area contributed by atoms with Crippen molar-refractivity contribution in [2.24, 2.45) is 5.92 Å². The Morgan fingerprint density at radius 3 is 2.64 bits per heavy atom. The minimum Gasteiger partial charge on any atom is -0.297 e. The highest BCUT2D eigenvalue weighted by molar-refractivity contribution is 4.98. The van der Waals surface area contributed by atoms with Gasteiger partial charge >= 0.3 is 0 Å². The Morgan fingerprint density at radius 1 is 1.27 bits per heavy atom. The predicted octanol–water partition coefficient (Wildman–Crippen LogP) is 2.27. The fraction of sp³-hybridized carbons (Fsp3) is 1.00. The molecule has 3 atom stereocenters. The maximum atomic E-state index is 2.73. The fourth-order valence-corrected chi connectivity index (χ4v) is 3.24. The summed E-state index contributed by atoms with van der Waals surface area (Å²) in [5, 5.41) is 0. The molecule has 0 aromatic carbocycles. The van der Waals surface area contributed by atoms with E-state index >= 15 is 0 Å². The van der Waals surface area contributed by atoms with Crippen LogP contribution in [0.3, 0.4) is 0 Å². The molecule has 11 heavy (non-hydrogen) atoms. The van der Waals surface area contributed by atoms with Crippen molar-refractivity contribution < 1.29 is 0 Å². The Hall–Kier alpha value is -0.0400. The number of hydrogen-bond donors (Lipinski definition) is 0. The summed E-state index contributed by atoms with van der Waals surface area (Å²) in [7, 11) is 0. The second-order valence-corrected chi connectivity index (χ2v) is 4.03. The van der Waals surface area contributed by atoms with Crippen molar-refractivity contribution in [2.75, 3.05) is 6.54 Å². The number of hydrogen-bond acceptors (Lipinski definition) is 1. The second kappa shape index (κ2) is 2.78. The highest BCUT2D eigenvalue weighted by atomic mass is 15.2. The lowest BCUT2D eigenvalue weighted by Crippen LogP contribution is -2.40. The minimum absolute atomic E-state index is 0.943. The third kappa shape index (κ3) is 1.01. The fourth-order valence-electron chi connectivity index (χ4n) is 3.24. The molecule has 0 aromatic rings. The van der Waals surface area contributed by atoms with E-state index in [4.69, 9.17) is 0 Å². The second-order valence-electron chi connectivity index (χ2n) is 4.03. The van der Waals surface area contributed by atoms with Gasteiger partial charge in [-0.15, -0.1) is 0 Å². The van der Waals surface area contributed by atoms with Crippen LogP contribution in [0.4, 0.5) is 0 Å². The lowest BCUT2D eigenvalue weighted by atomic mass is 9.97. The topological polar surface area (TPSA) is 3.24 Å². The van der Waals surface area contributed by atoms with E-state index in [1.807, 2.05) is 0 Å². The van der Waals surface area contributed by atoms with E-state index in [-0.39, 0.29) is 0 Å². The Labute approximate surface area is 69.8 Å². The van der Waals surface area contributed by atoms with Crippen molar-refractivity contribution in [1.82, 2.24) is 4.90 Å². The Kier molecular flexibility index (Phi) is 1.92. The maximum Gasteiger partial charge on any atom is 0.0124 e. The van der Waals surface area contributed by atoms with E-state index in [1.54, 1.807) is 0 Å². The molecule has 2 fully saturated rings. The summed E-state index contributed by atoms with van der Waals surface area (Å²) in [5.74, 6) is 1.06. The quantitative estimate of drug-likeness (QED) is 0.588. The number of rotatable bonds is 2. The Bertz CT molecular complexity index is 128. The highest BCUT2D eigenvalue weighted by Gasteiger charge is 2.43. The van der Waals surface area contributed by atoms with Gasteiger partial charge in [-0.3, -0.25) is 4.90 Å². The number of likely N-dealkylation sites (tertiary alicyclic amines) is 1. The molecule has 0 radical (unpaired) electrons. The van der Waals surface area contributed by atoms with E-state index in [0.29, 0.717) is 0 Å². The number of nitrogens with zero attached hydrogens (tertiary/aromatic N) is 1. The average Bonchev–Trinajstić information content (AvgIpc) is 2.60. The molecule has 1 aliphatic heterocycles. The van der Waals surface area contributed by atoms with E-state index in [9.17, 15) is 0 Å². The Morgan fingerprint density at radius 2 is 2.09 bits per heavy atom. The van der Waals surface area contributed by atoms with Gasteiger partial charge in [0.1, 0.15) is 0 Å². The van der Waals surface area contributed by atoms with Gasteiger partial charge in [0.25, 0.3) is 0 Å². The molecular weight excluding hydrogens is 134 g/mol. The molecule has 1 heterocycles. The molecular formula is C10H19N. The third-order valence-electron chi connectivity index (χ3n) is 3.67. The molecule has 0 aromatic heterocycles. The Balaban J connectivity index is 2.08. The van der Waals surface area contributed by atoms with E-state index < -0.39 is 0 Å². The molecule has 3 unspecified atom stereocenters. The average molecular weight is 153 g/mol. The predicted molar refractivity (Wildman–Crippen MR) is 47.6 cm³/mol. The van der Waals surface area contributed by atoms with Crippen LogP contribution < -0.4 is 0 Å². The van der Waals surface area contributed by atoms with Gasteiger partial charge in [-0.1, -0.05) is 13.8 Å². The van der Waals surface area contributed by atoms with E-state index in [0.717, 1.165) is 18.0 Å². The highest BCUT2D eigenvalue weighted by Crippen LogP contribution is 2.43. The standard InChI is InChI=1S/C10H19N/c1-3-10-8-5-6-9(7-8)11(10)4-2/h8-10H,3-7H2,1-2H3. The lowest BCUT2D eigenvalue weighted by Gasteiger charge is -2.33. The van der Waals surface area contributed by atoms with Gasteiger partial charge in [-0.05, 0) is 38.1 Å². The van der Waals surface area contributed by atoms with Crippen molar-refractivity contribution in [3.63, 3.8) is 0 Å². The minimum atomic E-state index is 0.943. The normalized spacial score (nSPS) is 43.6. The monoisotopic (exact) mass is 153 g/mol. The molecule has 1 saturated carbocycles. The molecule has 0 amide bonds. The molecule has 0 N–H and O–H groups in total. The van der Waals surface area contributed by atoms with Gasteiger partial charge in [0.15, 0.2) is 0 Å². The van der Waals surface area contributed by atoms with Crippen molar-refractivity contribution in [3.05, 3.63) is 0 Å². The van der Waals surface area contributed by atoms with Gasteiger partial charge in [0.2, 0.25) is 0 Å². The maximum absolute atomic E-state index is 2.73.